The smallest absolute Gasteiger partial charge is 0.753 e. The quantitative estimate of drug-likeness (QED) is 0.339. The maximum absolute atomic E-state index is 7.13. The summed E-state index contributed by atoms with van der Waals surface area (Å²) in [7, 11) is 0. The molecule has 1 saturated heterocycles. The fraction of sp³-hybridized carbons (Fsp3) is 0.769. The van der Waals surface area contributed by atoms with Gasteiger partial charge in [0.25, 0.3) is 0 Å². The summed E-state index contributed by atoms with van der Waals surface area (Å²) in [5, 5.41) is 39.1. The molecule has 0 spiro atoms. The molecular formula is C13H24CrN7S3. The molecule has 0 amide bonds. The van der Waals surface area contributed by atoms with Gasteiger partial charge in [0.05, 0.1) is 0 Å². The first-order valence-corrected chi connectivity index (χ1v) is 8.34. The number of hydrogen-bond donors (Lipinski definition) is 4. The van der Waals surface area contributed by atoms with Gasteiger partial charge in [-0.1, -0.05) is 36.7 Å². The molecule has 135 valence electrons. The van der Waals surface area contributed by atoms with Crippen molar-refractivity contribution in [3.8, 4) is 0 Å². The summed E-state index contributed by atoms with van der Waals surface area (Å²) in [6.07, 6.45) is 2.44. The van der Waals surface area contributed by atoms with E-state index in [2.05, 4.69) is 57.9 Å². The largest absolute Gasteiger partial charge is 3.00 e. The number of nitrogens with one attached hydrogen (secondary N) is 4. The predicted molar refractivity (Wildman–Crippen MR) is 109 cm³/mol. The number of rotatable bonds is 0. The minimum Gasteiger partial charge on any atom is -0.753 e. The second-order valence-corrected chi connectivity index (χ2v) is 4.53. The third kappa shape index (κ3) is 49.5. The van der Waals surface area contributed by atoms with Crippen molar-refractivity contribution in [3.05, 3.63) is 16.2 Å². The van der Waals surface area contributed by atoms with Crippen LogP contribution in [0.5, 0.6) is 0 Å². The Bertz CT molecular complexity index is 246. The topological polar surface area (TPSA) is 115 Å². The number of hydrogen-bond acceptors (Lipinski definition) is 7. The molecule has 0 aromatic heterocycles. The molecule has 0 aromatic carbocycles. The van der Waals surface area contributed by atoms with E-state index in [1.165, 1.54) is 28.3 Å². The van der Waals surface area contributed by atoms with E-state index in [1.54, 1.807) is 0 Å². The van der Waals surface area contributed by atoms with Crippen LogP contribution < -0.4 is 21.3 Å². The van der Waals surface area contributed by atoms with Crippen molar-refractivity contribution in [2.75, 3.05) is 52.4 Å². The summed E-state index contributed by atoms with van der Waals surface area (Å²) >= 11 is 11.1. The van der Waals surface area contributed by atoms with Crippen molar-refractivity contribution in [2.24, 2.45) is 0 Å². The van der Waals surface area contributed by atoms with Crippen LogP contribution in [0.15, 0.2) is 0 Å². The van der Waals surface area contributed by atoms with Gasteiger partial charge in [0, 0.05) is 26.2 Å². The molecule has 1 fully saturated rings. The number of thiocarbonyl (C=S) groups is 3. The van der Waals surface area contributed by atoms with Gasteiger partial charge < -0.3 is 37.5 Å². The Balaban J connectivity index is -0.000000169. The molecule has 0 bridgehead atoms. The molecule has 4 N–H and O–H groups in total. The van der Waals surface area contributed by atoms with Gasteiger partial charge in [-0.15, -0.1) is 0 Å². The minimum atomic E-state index is 0. The van der Waals surface area contributed by atoms with Crippen molar-refractivity contribution in [1.82, 2.24) is 21.3 Å². The van der Waals surface area contributed by atoms with E-state index in [4.69, 9.17) is 16.2 Å². The summed E-state index contributed by atoms with van der Waals surface area (Å²) in [4.78, 5) is 0. The summed E-state index contributed by atoms with van der Waals surface area (Å²) in [5.41, 5.74) is 0. The third-order valence-corrected chi connectivity index (χ3v) is 2.37. The fourth-order valence-corrected chi connectivity index (χ4v) is 1.53. The van der Waals surface area contributed by atoms with E-state index in [-0.39, 0.29) is 17.4 Å². The molecule has 24 heavy (non-hydrogen) atoms. The van der Waals surface area contributed by atoms with Crippen LogP contribution in [0.3, 0.4) is 0 Å². The molecule has 0 aliphatic carbocycles. The van der Waals surface area contributed by atoms with Crippen LogP contribution in [0.2, 0.25) is 0 Å². The zero-order chi connectivity index (χ0) is 18.0. The Kier molecular flexibility index (Phi) is 50.4. The fourth-order valence-electron chi connectivity index (χ4n) is 1.53. The number of isothiocyanates is 3. The van der Waals surface area contributed by atoms with E-state index in [9.17, 15) is 0 Å². The second-order valence-electron chi connectivity index (χ2n) is 3.98. The van der Waals surface area contributed by atoms with E-state index in [0.29, 0.717) is 0 Å². The van der Waals surface area contributed by atoms with Crippen LogP contribution in [0.1, 0.15) is 12.8 Å². The normalized spacial score (nSPS) is 15.0. The van der Waals surface area contributed by atoms with Crippen LogP contribution in [0.4, 0.5) is 0 Å². The van der Waals surface area contributed by atoms with E-state index >= 15 is 0 Å². The van der Waals surface area contributed by atoms with Gasteiger partial charge in [-0.3, -0.25) is 0 Å². The molecule has 0 atom stereocenters. The molecule has 1 aliphatic heterocycles. The average Bonchev–Trinajstić information content (AvgIpc) is 2.52. The van der Waals surface area contributed by atoms with Crippen LogP contribution >= 0.6 is 36.7 Å². The van der Waals surface area contributed by atoms with Gasteiger partial charge in [-0.25, -0.2) is 0 Å². The van der Waals surface area contributed by atoms with Crippen molar-refractivity contribution in [1.29, 1.82) is 0 Å². The molecule has 7 nitrogen and oxygen atoms in total. The van der Waals surface area contributed by atoms with Crippen LogP contribution in [0, 0.1) is 0 Å². The molecule has 0 saturated carbocycles. The Morgan fingerprint density at radius 2 is 0.667 bits per heavy atom. The molecule has 11 heteroatoms. The van der Waals surface area contributed by atoms with E-state index in [1.807, 2.05) is 0 Å². The first kappa shape index (κ1) is 31.5. The molecule has 0 unspecified atom stereocenters. The summed E-state index contributed by atoms with van der Waals surface area (Å²) in [5.74, 6) is 0. The average molecular weight is 427 g/mol. The zero-order valence-corrected chi connectivity index (χ0v) is 17.3. The predicted octanol–water partition coefficient (Wildman–Crippen LogP) is 1.11. The maximum atomic E-state index is 7.13. The van der Waals surface area contributed by atoms with Gasteiger partial charge in [-0.2, -0.15) is 15.5 Å². The molecule has 0 aromatic rings. The Morgan fingerprint density at radius 1 is 0.500 bits per heavy atom. The number of nitrogens with zero attached hydrogens (tertiary/aromatic N) is 3. The SMILES string of the molecule is C1CNCCNCCCNCCNC1.[Cr+3].[N-]=C=S.[N-]=C=S.[N-]=C=S. The summed E-state index contributed by atoms with van der Waals surface area (Å²) in [6, 6.07) is 0. The molecular weight excluding hydrogens is 402 g/mol. The van der Waals surface area contributed by atoms with Gasteiger partial charge in [-0.05, 0) is 39.0 Å². The maximum Gasteiger partial charge on any atom is 3.00 e. The van der Waals surface area contributed by atoms with Gasteiger partial charge >= 0.3 is 17.4 Å². The standard InChI is InChI=1S/C10H24N4.3CNS.Cr/c1-3-11-7-9-13-5-2-6-14-10-8-12-4-1;3*2-1-3;/h11-14H,1-10H2;;;;/q;3*-1;+3. The Labute approximate surface area is 171 Å². The first-order valence-electron chi connectivity index (χ1n) is 7.11. The third-order valence-electron chi connectivity index (χ3n) is 2.37. The molecule has 1 heterocycles. The van der Waals surface area contributed by atoms with Crippen molar-refractivity contribution >= 4 is 52.1 Å². The Hall–Kier alpha value is -0.228. The molecule has 1 aliphatic rings. The molecule has 1 radical (unpaired) electrons. The summed E-state index contributed by atoms with van der Waals surface area (Å²) in [6.45, 7) is 8.87. The van der Waals surface area contributed by atoms with E-state index < -0.39 is 0 Å². The summed E-state index contributed by atoms with van der Waals surface area (Å²) < 4.78 is 0. The van der Waals surface area contributed by atoms with E-state index in [0.717, 1.165) is 52.4 Å². The van der Waals surface area contributed by atoms with Gasteiger partial charge in [0.15, 0.2) is 0 Å². The second kappa shape index (κ2) is 38.4. The monoisotopic (exact) mass is 426 g/mol. The van der Waals surface area contributed by atoms with Crippen LogP contribution in [-0.2, 0) is 17.4 Å². The molecule has 1 rings (SSSR count). The van der Waals surface area contributed by atoms with Crippen molar-refractivity contribution < 1.29 is 17.4 Å². The van der Waals surface area contributed by atoms with Gasteiger partial charge in [0.1, 0.15) is 0 Å². The van der Waals surface area contributed by atoms with Gasteiger partial charge in [0.2, 0.25) is 0 Å². The van der Waals surface area contributed by atoms with Crippen LogP contribution in [-0.4, -0.2) is 67.8 Å². The Morgan fingerprint density at radius 3 is 0.833 bits per heavy atom. The first-order chi connectivity index (χ1) is 11.2. The minimum absolute atomic E-state index is 0. The zero-order valence-electron chi connectivity index (χ0n) is 13.5. The van der Waals surface area contributed by atoms with Crippen LogP contribution in [0.25, 0.3) is 16.2 Å². The van der Waals surface area contributed by atoms with Crippen molar-refractivity contribution in [3.63, 3.8) is 0 Å². The van der Waals surface area contributed by atoms with Crippen molar-refractivity contribution in [2.45, 2.75) is 12.8 Å².